The monoisotopic (exact) mass is 359 g/mol. The molecule has 0 saturated heterocycles. The number of benzene rings is 2. The minimum Gasteiger partial charge on any atom is -0.477 e. The first-order valence-corrected chi connectivity index (χ1v) is 7.65. The van der Waals surface area contributed by atoms with Gasteiger partial charge in [0, 0.05) is 18.7 Å². The van der Waals surface area contributed by atoms with Crippen LogP contribution in [-0.4, -0.2) is 36.4 Å². The Morgan fingerprint density at radius 2 is 2.04 bits per heavy atom. The van der Waals surface area contributed by atoms with Crippen molar-refractivity contribution < 1.29 is 23.6 Å². The number of likely N-dealkylation sites (N-methyl/N-ethyl adjacent to an activating group) is 1. The number of amides is 2. The molecular formula is C17H14FN3O5. The summed E-state index contributed by atoms with van der Waals surface area (Å²) in [5.74, 6) is -1.71. The molecule has 2 amide bonds. The van der Waals surface area contributed by atoms with Crippen LogP contribution in [0.3, 0.4) is 0 Å². The van der Waals surface area contributed by atoms with Crippen molar-refractivity contribution in [3.05, 3.63) is 64.0 Å². The van der Waals surface area contributed by atoms with Crippen LogP contribution in [-0.2, 0) is 4.79 Å². The van der Waals surface area contributed by atoms with E-state index in [4.69, 9.17) is 4.74 Å². The normalized spacial score (nSPS) is 15.6. The molecule has 0 aromatic heterocycles. The summed E-state index contributed by atoms with van der Waals surface area (Å²) >= 11 is 0. The Kier molecular flexibility index (Phi) is 4.53. The van der Waals surface area contributed by atoms with E-state index in [1.165, 1.54) is 11.9 Å². The van der Waals surface area contributed by atoms with Crippen molar-refractivity contribution in [2.24, 2.45) is 0 Å². The van der Waals surface area contributed by atoms with E-state index in [9.17, 15) is 24.1 Å². The van der Waals surface area contributed by atoms with Crippen LogP contribution >= 0.6 is 0 Å². The summed E-state index contributed by atoms with van der Waals surface area (Å²) < 4.78 is 19.1. The van der Waals surface area contributed by atoms with Crippen molar-refractivity contribution in [3.8, 4) is 5.75 Å². The number of hydrogen-bond donors (Lipinski definition) is 1. The van der Waals surface area contributed by atoms with E-state index in [0.29, 0.717) is 11.4 Å². The fourth-order valence-corrected chi connectivity index (χ4v) is 2.67. The van der Waals surface area contributed by atoms with Crippen molar-refractivity contribution in [2.75, 3.05) is 18.5 Å². The maximum Gasteiger partial charge on any atom is 0.305 e. The van der Waals surface area contributed by atoms with Crippen LogP contribution < -0.4 is 15.0 Å². The lowest BCUT2D eigenvalue weighted by atomic mass is 10.1. The number of ether oxygens (including phenoxy) is 1. The van der Waals surface area contributed by atoms with Gasteiger partial charge in [-0.1, -0.05) is 12.1 Å². The van der Waals surface area contributed by atoms with Crippen LogP contribution in [0.1, 0.15) is 10.4 Å². The van der Waals surface area contributed by atoms with Gasteiger partial charge >= 0.3 is 5.69 Å². The van der Waals surface area contributed by atoms with Crippen molar-refractivity contribution in [3.63, 3.8) is 0 Å². The predicted molar refractivity (Wildman–Crippen MR) is 89.7 cm³/mol. The Bertz CT molecular complexity index is 902. The van der Waals surface area contributed by atoms with Crippen molar-refractivity contribution in [1.82, 2.24) is 5.32 Å². The number of carbonyl (C=O) groups excluding carboxylic acids is 2. The van der Waals surface area contributed by atoms with Crippen LogP contribution in [0.4, 0.5) is 15.8 Å². The zero-order valence-electron chi connectivity index (χ0n) is 13.6. The van der Waals surface area contributed by atoms with Gasteiger partial charge in [0.25, 0.3) is 11.8 Å². The van der Waals surface area contributed by atoms with Gasteiger partial charge in [-0.2, -0.15) is 4.39 Å². The number of carbonyl (C=O) groups is 2. The zero-order valence-corrected chi connectivity index (χ0v) is 13.6. The van der Waals surface area contributed by atoms with Crippen LogP contribution in [0, 0.1) is 15.9 Å². The molecule has 9 heteroatoms. The summed E-state index contributed by atoms with van der Waals surface area (Å²) in [6.07, 6.45) is -0.936. The molecule has 3 rings (SSSR count). The SMILES string of the molecule is CNC(=O)[C@H]1CN(C(=O)c2ccc(F)c([N+](=O)[O-])c2)c2ccccc2O1. The smallest absolute Gasteiger partial charge is 0.305 e. The van der Waals surface area contributed by atoms with E-state index >= 15 is 0 Å². The largest absolute Gasteiger partial charge is 0.477 e. The molecule has 2 aromatic carbocycles. The molecule has 1 N–H and O–H groups in total. The van der Waals surface area contributed by atoms with Gasteiger partial charge in [0.15, 0.2) is 6.10 Å². The lowest BCUT2D eigenvalue weighted by molar-refractivity contribution is -0.387. The molecule has 1 heterocycles. The lowest BCUT2D eigenvalue weighted by Crippen LogP contribution is -2.50. The Labute approximate surface area is 147 Å². The number of anilines is 1. The third-order valence-electron chi connectivity index (χ3n) is 3.95. The number of nitro benzene ring substituents is 1. The third kappa shape index (κ3) is 3.06. The topological polar surface area (TPSA) is 102 Å². The van der Waals surface area contributed by atoms with Gasteiger partial charge in [-0.3, -0.25) is 19.7 Å². The average molecular weight is 359 g/mol. The number of para-hydroxylation sites is 2. The first-order chi connectivity index (χ1) is 12.4. The molecule has 0 aliphatic carbocycles. The Morgan fingerprint density at radius 3 is 2.73 bits per heavy atom. The minimum atomic E-state index is -1.03. The second kappa shape index (κ2) is 6.79. The van der Waals surface area contributed by atoms with E-state index in [2.05, 4.69) is 5.32 Å². The predicted octanol–water partition coefficient (Wildman–Crippen LogP) is 1.89. The quantitative estimate of drug-likeness (QED) is 0.666. The number of fused-ring (bicyclic) bond motifs is 1. The number of halogens is 1. The van der Waals surface area contributed by atoms with Crippen LogP contribution in [0.15, 0.2) is 42.5 Å². The Balaban J connectivity index is 2.01. The van der Waals surface area contributed by atoms with Crippen molar-refractivity contribution in [2.45, 2.75) is 6.10 Å². The van der Waals surface area contributed by atoms with E-state index in [1.54, 1.807) is 24.3 Å². The van der Waals surface area contributed by atoms with Gasteiger partial charge in [-0.25, -0.2) is 0 Å². The number of nitro groups is 1. The second-order valence-corrected chi connectivity index (χ2v) is 5.53. The molecule has 0 bridgehead atoms. The maximum atomic E-state index is 13.5. The summed E-state index contributed by atoms with van der Waals surface area (Å²) in [6.45, 7) is -0.0826. The summed E-state index contributed by atoms with van der Waals surface area (Å²) in [7, 11) is 1.45. The fourth-order valence-electron chi connectivity index (χ4n) is 2.67. The highest BCUT2D eigenvalue weighted by atomic mass is 19.1. The minimum absolute atomic E-state index is 0.0644. The average Bonchev–Trinajstić information content (AvgIpc) is 2.66. The molecule has 1 aliphatic rings. The van der Waals surface area contributed by atoms with E-state index < -0.39 is 34.3 Å². The van der Waals surface area contributed by atoms with E-state index in [-0.39, 0.29) is 12.1 Å². The molecule has 26 heavy (non-hydrogen) atoms. The molecule has 0 fully saturated rings. The van der Waals surface area contributed by atoms with Gasteiger partial charge in [0.2, 0.25) is 5.82 Å². The molecule has 0 radical (unpaired) electrons. The van der Waals surface area contributed by atoms with E-state index in [0.717, 1.165) is 18.2 Å². The summed E-state index contributed by atoms with van der Waals surface area (Å²) in [6, 6.07) is 9.53. The van der Waals surface area contributed by atoms with Gasteiger partial charge in [0.05, 0.1) is 17.2 Å². The van der Waals surface area contributed by atoms with Gasteiger partial charge in [-0.15, -0.1) is 0 Å². The molecule has 0 saturated carbocycles. The molecule has 0 spiro atoms. The summed E-state index contributed by atoms with van der Waals surface area (Å²) in [4.78, 5) is 36.2. The molecule has 0 unspecified atom stereocenters. The summed E-state index contributed by atoms with van der Waals surface area (Å²) in [5, 5.41) is 13.4. The Morgan fingerprint density at radius 1 is 1.31 bits per heavy atom. The van der Waals surface area contributed by atoms with Gasteiger partial charge in [0.1, 0.15) is 5.75 Å². The number of rotatable bonds is 3. The molecule has 134 valence electrons. The molecule has 2 aromatic rings. The van der Waals surface area contributed by atoms with Crippen LogP contribution in [0.2, 0.25) is 0 Å². The standard InChI is InChI=1S/C17H14FN3O5/c1-19-16(22)15-9-20(12-4-2-3-5-14(12)26-15)17(23)10-6-7-11(18)13(8-10)21(24)25/h2-8,15H,9H2,1H3,(H,19,22)/t15-/m1/s1. The molecular weight excluding hydrogens is 345 g/mol. The first-order valence-electron chi connectivity index (χ1n) is 7.65. The van der Waals surface area contributed by atoms with Gasteiger partial charge < -0.3 is 15.0 Å². The fraction of sp³-hybridized carbons (Fsp3) is 0.176. The van der Waals surface area contributed by atoms with E-state index in [1.807, 2.05) is 0 Å². The first kappa shape index (κ1) is 17.3. The number of nitrogens with one attached hydrogen (secondary N) is 1. The zero-order chi connectivity index (χ0) is 18.8. The summed E-state index contributed by atoms with van der Waals surface area (Å²) in [5.41, 5.74) is -0.435. The maximum absolute atomic E-state index is 13.5. The second-order valence-electron chi connectivity index (χ2n) is 5.53. The Hall–Kier alpha value is -3.49. The van der Waals surface area contributed by atoms with Crippen LogP contribution in [0.5, 0.6) is 5.75 Å². The lowest BCUT2D eigenvalue weighted by Gasteiger charge is -2.34. The van der Waals surface area contributed by atoms with Crippen molar-refractivity contribution in [1.29, 1.82) is 0 Å². The van der Waals surface area contributed by atoms with Gasteiger partial charge in [-0.05, 0) is 24.3 Å². The highest BCUT2D eigenvalue weighted by Gasteiger charge is 2.34. The number of nitrogens with zero attached hydrogens (tertiary/aromatic N) is 2. The number of hydrogen-bond acceptors (Lipinski definition) is 5. The highest BCUT2D eigenvalue weighted by Crippen LogP contribution is 2.34. The van der Waals surface area contributed by atoms with Crippen molar-refractivity contribution >= 4 is 23.2 Å². The molecule has 1 atom stereocenters. The molecule has 1 aliphatic heterocycles. The highest BCUT2D eigenvalue weighted by molar-refractivity contribution is 6.08. The third-order valence-corrected chi connectivity index (χ3v) is 3.95. The van der Waals surface area contributed by atoms with Crippen LogP contribution in [0.25, 0.3) is 0 Å². The molecule has 8 nitrogen and oxygen atoms in total.